The van der Waals surface area contributed by atoms with Gasteiger partial charge in [0, 0.05) is 13.0 Å². The highest BCUT2D eigenvalue weighted by Gasteiger charge is 2.39. The maximum absolute atomic E-state index is 12.1. The quantitative estimate of drug-likeness (QED) is 0.750. The summed E-state index contributed by atoms with van der Waals surface area (Å²) in [6.07, 6.45) is 4.62. The number of aryl methyl sites for hydroxylation is 1. The minimum Gasteiger partial charge on any atom is -0.481 e. The van der Waals surface area contributed by atoms with E-state index >= 15 is 0 Å². The lowest BCUT2D eigenvalue weighted by molar-refractivity contribution is -0.151. The SMILES string of the molecule is O=C(CCc1ccc(OC(F)F)cc1)NCC1(C(=O)O)CCCCC1. The standard InChI is InChI=1S/C18H23F2NO4/c19-17(20)25-14-7-4-13(5-8-14)6-9-15(22)21-12-18(16(23)24)10-2-1-3-11-18/h4-5,7-8,17H,1-3,6,9-12H2,(H,21,22)(H,23,24). The summed E-state index contributed by atoms with van der Waals surface area (Å²) in [7, 11) is 0. The zero-order chi connectivity index (χ0) is 18.3. The van der Waals surface area contributed by atoms with Gasteiger partial charge in [0.05, 0.1) is 5.41 Å². The fourth-order valence-electron chi connectivity index (χ4n) is 3.15. The Morgan fingerprint density at radius 3 is 2.36 bits per heavy atom. The van der Waals surface area contributed by atoms with E-state index in [1.807, 2.05) is 0 Å². The van der Waals surface area contributed by atoms with Crippen LogP contribution >= 0.6 is 0 Å². The van der Waals surface area contributed by atoms with Crippen molar-refractivity contribution in [2.75, 3.05) is 6.54 Å². The van der Waals surface area contributed by atoms with Crippen LogP contribution in [-0.4, -0.2) is 30.1 Å². The maximum atomic E-state index is 12.1. The van der Waals surface area contributed by atoms with Crippen LogP contribution in [0.25, 0.3) is 0 Å². The second-order valence-electron chi connectivity index (χ2n) is 6.45. The predicted octanol–water partition coefficient (Wildman–Crippen LogP) is 3.37. The van der Waals surface area contributed by atoms with Crippen molar-refractivity contribution in [3.05, 3.63) is 29.8 Å². The second-order valence-corrected chi connectivity index (χ2v) is 6.45. The van der Waals surface area contributed by atoms with Crippen molar-refractivity contribution in [3.63, 3.8) is 0 Å². The Labute approximate surface area is 145 Å². The van der Waals surface area contributed by atoms with E-state index in [1.165, 1.54) is 12.1 Å². The van der Waals surface area contributed by atoms with Gasteiger partial charge in [0.1, 0.15) is 5.75 Å². The fraction of sp³-hybridized carbons (Fsp3) is 0.556. The number of halogens is 2. The second kappa shape index (κ2) is 8.78. The van der Waals surface area contributed by atoms with Crippen LogP contribution < -0.4 is 10.1 Å². The first-order chi connectivity index (χ1) is 11.9. The molecule has 1 saturated carbocycles. The van der Waals surface area contributed by atoms with E-state index in [2.05, 4.69) is 10.1 Å². The van der Waals surface area contributed by atoms with Gasteiger partial charge in [-0.2, -0.15) is 8.78 Å². The van der Waals surface area contributed by atoms with E-state index < -0.39 is 18.0 Å². The summed E-state index contributed by atoms with van der Waals surface area (Å²) in [6, 6.07) is 6.12. The van der Waals surface area contributed by atoms with Gasteiger partial charge in [0.2, 0.25) is 5.91 Å². The maximum Gasteiger partial charge on any atom is 0.387 e. The Morgan fingerprint density at radius 2 is 1.80 bits per heavy atom. The number of carbonyl (C=O) groups excluding carboxylic acids is 1. The summed E-state index contributed by atoms with van der Waals surface area (Å²) in [5.41, 5.74) is -0.0234. The molecule has 0 aliphatic heterocycles. The average Bonchev–Trinajstić information content (AvgIpc) is 2.59. The molecule has 0 aromatic heterocycles. The van der Waals surface area contributed by atoms with Crippen molar-refractivity contribution in [1.29, 1.82) is 0 Å². The number of alkyl halides is 2. The van der Waals surface area contributed by atoms with Crippen LogP contribution in [0.1, 0.15) is 44.1 Å². The van der Waals surface area contributed by atoms with Crippen LogP contribution in [0.5, 0.6) is 5.75 Å². The van der Waals surface area contributed by atoms with Gasteiger partial charge in [-0.05, 0) is 37.0 Å². The number of carboxylic acids is 1. The highest BCUT2D eigenvalue weighted by atomic mass is 19.3. The van der Waals surface area contributed by atoms with Crippen molar-refractivity contribution in [1.82, 2.24) is 5.32 Å². The van der Waals surface area contributed by atoms with Gasteiger partial charge in [0.15, 0.2) is 0 Å². The van der Waals surface area contributed by atoms with E-state index in [-0.39, 0.29) is 24.6 Å². The van der Waals surface area contributed by atoms with E-state index in [1.54, 1.807) is 12.1 Å². The molecule has 0 spiro atoms. The molecule has 1 fully saturated rings. The van der Waals surface area contributed by atoms with Gasteiger partial charge in [-0.25, -0.2) is 0 Å². The van der Waals surface area contributed by atoms with Gasteiger partial charge in [0.25, 0.3) is 0 Å². The molecule has 1 aliphatic carbocycles. The molecule has 5 nitrogen and oxygen atoms in total. The molecule has 0 bridgehead atoms. The third kappa shape index (κ3) is 5.69. The number of hydrogen-bond donors (Lipinski definition) is 2. The van der Waals surface area contributed by atoms with Crippen molar-refractivity contribution in [2.45, 2.75) is 51.6 Å². The third-order valence-electron chi connectivity index (χ3n) is 4.68. The minimum atomic E-state index is -2.86. The first kappa shape index (κ1) is 19.1. The highest BCUT2D eigenvalue weighted by Crippen LogP contribution is 2.36. The number of carboxylic acid groups (broad SMARTS) is 1. The monoisotopic (exact) mass is 355 g/mol. The molecule has 0 unspecified atom stereocenters. The lowest BCUT2D eigenvalue weighted by Crippen LogP contribution is -2.44. The smallest absolute Gasteiger partial charge is 0.387 e. The number of amides is 1. The van der Waals surface area contributed by atoms with Crippen LogP contribution in [-0.2, 0) is 16.0 Å². The van der Waals surface area contributed by atoms with Gasteiger partial charge >= 0.3 is 12.6 Å². The van der Waals surface area contributed by atoms with Crippen molar-refractivity contribution < 1.29 is 28.2 Å². The van der Waals surface area contributed by atoms with Crippen LogP contribution in [0, 0.1) is 5.41 Å². The molecule has 25 heavy (non-hydrogen) atoms. The number of carbonyl (C=O) groups is 2. The van der Waals surface area contributed by atoms with E-state index in [0.717, 1.165) is 24.8 Å². The summed E-state index contributed by atoms with van der Waals surface area (Å²) in [5.74, 6) is -0.981. The topological polar surface area (TPSA) is 75.6 Å². The largest absolute Gasteiger partial charge is 0.481 e. The number of ether oxygens (including phenoxy) is 1. The van der Waals surface area contributed by atoms with Gasteiger partial charge in [-0.1, -0.05) is 31.4 Å². The lowest BCUT2D eigenvalue weighted by atomic mass is 9.74. The van der Waals surface area contributed by atoms with Crippen molar-refractivity contribution in [3.8, 4) is 5.75 Å². The average molecular weight is 355 g/mol. The molecule has 2 N–H and O–H groups in total. The molecule has 7 heteroatoms. The van der Waals surface area contributed by atoms with Gasteiger partial charge < -0.3 is 15.2 Å². The van der Waals surface area contributed by atoms with Gasteiger partial charge in [-0.15, -0.1) is 0 Å². The third-order valence-corrected chi connectivity index (χ3v) is 4.68. The van der Waals surface area contributed by atoms with Crippen molar-refractivity contribution >= 4 is 11.9 Å². The minimum absolute atomic E-state index is 0.0731. The molecule has 1 amide bonds. The number of rotatable bonds is 8. The molecule has 0 saturated heterocycles. The Hall–Kier alpha value is -2.18. The number of nitrogens with one attached hydrogen (secondary N) is 1. The Bertz CT molecular complexity index is 583. The summed E-state index contributed by atoms with van der Waals surface area (Å²) in [6.45, 7) is -2.71. The van der Waals surface area contributed by atoms with Crippen LogP contribution in [0.2, 0.25) is 0 Å². The normalized spacial score (nSPS) is 16.4. The Morgan fingerprint density at radius 1 is 1.16 bits per heavy atom. The highest BCUT2D eigenvalue weighted by molar-refractivity contribution is 5.79. The molecule has 1 aromatic carbocycles. The molecule has 0 radical (unpaired) electrons. The molecular formula is C18H23F2NO4. The van der Waals surface area contributed by atoms with E-state index in [9.17, 15) is 23.5 Å². The van der Waals surface area contributed by atoms with Gasteiger partial charge in [-0.3, -0.25) is 9.59 Å². The number of hydrogen-bond acceptors (Lipinski definition) is 3. The molecule has 0 atom stereocenters. The molecular weight excluding hydrogens is 332 g/mol. The van der Waals surface area contributed by atoms with E-state index in [4.69, 9.17) is 0 Å². The summed E-state index contributed by atoms with van der Waals surface area (Å²) >= 11 is 0. The molecule has 1 aliphatic rings. The molecule has 0 heterocycles. The summed E-state index contributed by atoms with van der Waals surface area (Å²) in [4.78, 5) is 23.6. The molecule has 1 aromatic rings. The number of benzene rings is 1. The van der Waals surface area contributed by atoms with Crippen LogP contribution in [0.15, 0.2) is 24.3 Å². The summed E-state index contributed by atoms with van der Waals surface area (Å²) < 4.78 is 28.4. The van der Waals surface area contributed by atoms with Crippen molar-refractivity contribution in [2.24, 2.45) is 5.41 Å². The summed E-state index contributed by atoms with van der Waals surface area (Å²) in [5, 5.41) is 12.2. The van der Waals surface area contributed by atoms with E-state index in [0.29, 0.717) is 19.3 Å². The first-order valence-electron chi connectivity index (χ1n) is 8.45. The number of aliphatic carboxylic acids is 1. The molecule has 138 valence electrons. The van der Waals surface area contributed by atoms with Crippen LogP contribution in [0.3, 0.4) is 0 Å². The first-order valence-corrected chi connectivity index (χ1v) is 8.45. The predicted molar refractivity (Wildman–Crippen MR) is 87.6 cm³/mol. The fourth-order valence-corrected chi connectivity index (χ4v) is 3.15. The Balaban J connectivity index is 1.79. The Kier molecular flexibility index (Phi) is 6.73. The lowest BCUT2D eigenvalue weighted by Gasteiger charge is -2.33. The zero-order valence-corrected chi connectivity index (χ0v) is 14.0. The molecule has 2 rings (SSSR count). The van der Waals surface area contributed by atoms with Crippen LogP contribution in [0.4, 0.5) is 8.78 Å². The zero-order valence-electron chi connectivity index (χ0n) is 14.0.